The molecular formula is C22H29N3O3. The Labute approximate surface area is 166 Å². The summed E-state index contributed by atoms with van der Waals surface area (Å²) in [6.45, 7) is 7.94. The van der Waals surface area contributed by atoms with Crippen LogP contribution in [0.25, 0.3) is 0 Å². The Morgan fingerprint density at radius 1 is 0.964 bits per heavy atom. The molecule has 0 aliphatic rings. The van der Waals surface area contributed by atoms with E-state index in [1.165, 1.54) is 0 Å². The lowest BCUT2D eigenvalue weighted by atomic mass is 10.1. The monoisotopic (exact) mass is 383 g/mol. The zero-order valence-corrected chi connectivity index (χ0v) is 17.0. The molecule has 2 aromatic rings. The summed E-state index contributed by atoms with van der Waals surface area (Å²) < 4.78 is 5.73. The topological polar surface area (TPSA) is 79.5 Å². The third kappa shape index (κ3) is 6.61. The molecule has 0 saturated carbocycles. The van der Waals surface area contributed by atoms with Crippen molar-refractivity contribution in [1.82, 2.24) is 0 Å². The highest BCUT2D eigenvalue weighted by Gasteiger charge is 2.07. The summed E-state index contributed by atoms with van der Waals surface area (Å²) in [4.78, 5) is 23.8. The average molecular weight is 383 g/mol. The molecule has 6 heteroatoms. The van der Waals surface area contributed by atoms with Gasteiger partial charge in [-0.05, 0) is 62.2 Å². The number of benzene rings is 2. The van der Waals surface area contributed by atoms with E-state index in [9.17, 15) is 9.59 Å². The summed E-state index contributed by atoms with van der Waals surface area (Å²) in [7, 11) is 0. The molecule has 0 saturated heterocycles. The number of aryl methyl sites for hydroxylation is 1. The van der Waals surface area contributed by atoms with Gasteiger partial charge >= 0.3 is 0 Å². The Balaban J connectivity index is 1.88. The van der Waals surface area contributed by atoms with Gasteiger partial charge in [-0.3, -0.25) is 9.59 Å². The Kier molecular flexibility index (Phi) is 7.87. The van der Waals surface area contributed by atoms with Crippen molar-refractivity contribution in [2.45, 2.75) is 46.6 Å². The highest BCUT2D eigenvalue weighted by atomic mass is 16.5. The summed E-state index contributed by atoms with van der Waals surface area (Å²) in [5.74, 6) is 0.584. The first-order chi connectivity index (χ1) is 13.4. The predicted molar refractivity (Wildman–Crippen MR) is 114 cm³/mol. The molecule has 0 aliphatic carbocycles. The van der Waals surface area contributed by atoms with E-state index in [1.54, 1.807) is 6.92 Å². The van der Waals surface area contributed by atoms with Gasteiger partial charge in [0.15, 0.2) is 0 Å². The second kappa shape index (κ2) is 10.3. The highest BCUT2D eigenvalue weighted by Crippen LogP contribution is 2.21. The number of rotatable bonds is 9. The van der Waals surface area contributed by atoms with Crippen molar-refractivity contribution in [3.63, 3.8) is 0 Å². The molecule has 0 heterocycles. The molecule has 0 aromatic heterocycles. The second-order valence-corrected chi connectivity index (χ2v) is 6.69. The minimum absolute atomic E-state index is 0.0428. The van der Waals surface area contributed by atoms with Gasteiger partial charge in [-0.2, -0.15) is 0 Å². The van der Waals surface area contributed by atoms with Crippen molar-refractivity contribution in [2.75, 3.05) is 22.5 Å². The molecule has 2 amide bonds. The first-order valence-corrected chi connectivity index (χ1v) is 9.62. The number of hydrogen-bond donors (Lipinski definition) is 3. The van der Waals surface area contributed by atoms with Gasteiger partial charge in [-0.1, -0.05) is 19.9 Å². The molecule has 2 rings (SSSR count). The Morgan fingerprint density at radius 3 is 2.29 bits per heavy atom. The van der Waals surface area contributed by atoms with Crippen molar-refractivity contribution in [3.05, 3.63) is 48.0 Å². The van der Waals surface area contributed by atoms with Crippen LogP contribution in [-0.2, 0) is 9.59 Å². The number of nitrogens with one attached hydrogen (secondary N) is 3. The SMILES string of the molecule is CCC(=O)Nc1cc(NCC(=O)Nc2ccc(OC(C)CC)cc2)ccc1C. The van der Waals surface area contributed by atoms with E-state index in [-0.39, 0.29) is 24.5 Å². The molecule has 0 bridgehead atoms. The maximum atomic E-state index is 12.2. The van der Waals surface area contributed by atoms with Crippen LogP contribution in [0, 0.1) is 6.92 Å². The van der Waals surface area contributed by atoms with Gasteiger partial charge in [0.25, 0.3) is 0 Å². The minimum atomic E-state index is -0.157. The van der Waals surface area contributed by atoms with E-state index in [1.807, 2.05) is 56.3 Å². The lowest BCUT2D eigenvalue weighted by molar-refractivity contribution is -0.116. The van der Waals surface area contributed by atoms with Crippen LogP contribution in [0.1, 0.15) is 39.2 Å². The Hall–Kier alpha value is -3.02. The van der Waals surface area contributed by atoms with Crippen molar-refractivity contribution in [1.29, 1.82) is 0 Å². The maximum Gasteiger partial charge on any atom is 0.243 e. The predicted octanol–water partition coefficient (Wildman–Crippen LogP) is 4.57. The summed E-state index contributed by atoms with van der Waals surface area (Å²) in [6.07, 6.45) is 1.51. The number of ether oxygens (including phenoxy) is 1. The number of carbonyl (C=O) groups excluding carboxylic acids is 2. The lowest BCUT2D eigenvalue weighted by Gasteiger charge is -2.13. The molecular weight excluding hydrogens is 354 g/mol. The van der Waals surface area contributed by atoms with Crippen LogP contribution >= 0.6 is 0 Å². The number of anilines is 3. The average Bonchev–Trinajstić information content (AvgIpc) is 2.69. The third-order valence-corrected chi connectivity index (χ3v) is 4.34. The molecule has 28 heavy (non-hydrogen) atoms. The fourth-order valence-corrected chi connectivity index (χ4v) is 2.43. The number of amides is 2. The quantitative estimate of drug-likeness (QED) is 0.592. The van der Waals surface area contributed by atoms with E-state index >= 15 is 0 Å². The number of hydrogen-bond acceptors (Lipinski definition) is 4. The third-order valence-electron chi connectivity index (χ3n) is 4.34. The van der Waals surface area contributed by atoms with E-state index in [0.717, 1.165) is 29.1 Å². The van der Waals surface area contributed by atoms with Crippen LogP contribution in [-0.4, -0.2) is 24.5 Å². The van der Waals surface area contributed by atoms with Crippen molar-refractivity contribution in [2.24, 2.45) is 0 Å². The van der Waals surface area contributed by atoms with Gasteiger partial charge in [-0.25, -0.2) is 0 Å². The minimum Gasteiger partial charge on any atom is -0.491 e. The Morgan fingerprint density at radius 2 is 1.64 bits per heavy atom. The van der Waals surface area contributed by atoms with Crippen LogP contribution in [0.3, 0.4) is 0 Å². The van der Waals surface area contributed by atoms with E-state index in [2.05, 4.69) is 22.9 Å². The normalized spacial score (nSPS) is 11.4. The summed E-state index contributed by atoms with van der Waals surface area (Å²) >= 11 is 0. The highest BCUT2D eigenvalue weighted by molar-refractivity contribution is 5.94. The van der Waals surface area contributed by atoms with Gasteiger partial charge in [-0.15, -0.1) is 0 Å². The molecule has 0 fully saturated rings. The molecule has 1 atom stereocenters. The molecule has 6 nitrogen and oxygen atoms in total. The van der Waals surface area contributed by atoms with Gasteiger partial charge in [0.2, 0.25) is 11.8 Å². The van der Waals surface area contributed by atoms with E-state index < -0.39 is 0 Å². The first-order valence-electron chi connectivity index (χ1n) is 9.62. The summed E-state index contributed by atoms with van der Waals surface area (Å²) in [6, 6.07) is 12.9. The van der Waals surface area contributed by atoms with E-state index in [0.29, 0.717) is 12.1 Å². The van der Waals surface area contributed by atoms with Gasteiger partial charge in [0.1, 0.15) is 5.75 Å². The molecule has 150 valence electrons. The molecule has 1 unspecified atom stereocenters. The van der Waals surface area contributed by atoms with Crippen LogP contribution in [0.15, 0.2) is 42.5 Å². The van der Waals surface area contributed by atoms with Gasteiger partial charge in [0.05, 0.1) is 12.6 Å². The summed E-state index contributed by atoms with van der Waals surface area (Å²) in [5, 5.41) is 8.79. The summed E-state index contributed by atoms with van der Waals surface area (Å²) in [5.41, 5.74) is 3.19. The lowest BCUT2D eigenvalue weighted by Crippen LogP contribution is -2.22. The molecule has 0 aliphatic heterocycles. The first kappa shape index (κ1) is 21.3. The van der Waals surface area contributed by atoms with Crippen molar-refractivity contribution in [3.8, 4) is 5.75 Å². The number of carbonyl (C=O) groups is 2. The fourth-order valence-electron chi connectivity index (χ4n) is 2.43. The molecule has 0 spiro atoms. The zero-order chi connectivity index (χ0) is 20.5. The van der Waals surface area contributed by atoms with Crippen LogP contribution in [0.4, 0.5) is 17.1 Å². The smallest absolute Gasteiger partial charge is 0.243 e. The van der Waals surface area contributed by atoms with Gasteiger partial charge in [0, 0.05) is 23.5 Å². The Bertz CT molecular complexity index is 803. The maximum absolute atomic E-state index is 12.2. The van der Waals surface area contributed by atoms with E-state index in [4.69, 9.17) is 4.74 Å². The van der Waals surface area contributed by atoms with Crippen LogP contribution in [0.2, 0.25) is 0 Å². The zero-order valence-electron chi connectivity index (χ0n) is 17.0. The molecule has 0 radical (unpaired) electrons. The van der Waals surface area contributed by atoms with Crippen molar-refractivity contribution < 1.29 is 14.3 Å². The standard InChI is InChI=1S/C22H29N3O3/c1-5-16(4)28-19-11-9-17(10-12-19)24-22(27)14-23-18-8-7-15(3)20(13-18)25-21(26)6-2/h7-13,16,23H,5-6,14H2,1-4H3,(H,24,27)(H,25,26). The fraction of sp³-hybridized carbons (Fsp3) is 0.364. The molecule has 2 aromatic carbocycles. The molecule has 3 N–H and O–H groups in total. The second-order valence-electron chi connectivity index (χ2n) is 6.69. The van der Waals surface area contributed by atoms with Crippen LogP contribution < -0.4 is 20.7 Å². The van der Waals surface area contributed by atoms with Crippen LogP contribution in [0.5, 0.6) is 5.75 Å². The van der Waals surface area contributed by atoms with Crippen molar-refractivity contribution >= 4 is 28.9 Å². The van der Waals surface area contributed by atoms with Gasteiger partial charge < -0.3 is 20.7 Å². The largest absolute Gasteiger partial charge is 0.491 e.